The summed E-state index contributed by atoms with van der Waals surface area (Å²) in [4.78, 5) is 23.7. The third-order valence-corrected chi connectivity index (χ3v) is 4.61. The minimum atomic E-state index is -1.15. The van der Waals surface area contributed by atoms with Crippen molar-refractivity contribution in [3.05, 3.63) is 68.1 Å². The molecule has 19 heavy (non-hydrogen) atoms. The van der Waals surface area contributed by atoms with Gasteiger partial charge in [0.2, 0.25) is 0 Å². The number of halogens is 2. The summed E-state index contributed by atoms with van der Waals surface area (Å²) < 4.78 is 0.955. The molecule has 2 aromatic carbocycles. The normalized spacial score (nSPS) is 10.2. The number of hydrogen-bond acceptors (Lipinski definition) is 2. The summed E-state index contributed by atoms with van der Waals surface area (Å²) in [7, 11) is 0. The highest BCUT2D eigenvalue weighted by atomic mass is 79.9. The zero-order chi connectivity index (χ0) is 14.0. The molecule has 0 bridgehead atoms. The van der Waals surface area contributed by atoms with E-state index in [1.54, 1.807) is 36.4 Å². The number of carbonyl (C=O) groups excluding carboxylic acids is 1. The van der Waals surface area contributed by atoms with Crippen LogP contribution in [-0.2, 0) is 0 Å². The molecule has 2 aromatic rings. The van der Waals surface area contributed by atoms with E-state index in [4.69, 9.17) is 0 Å². The predicted octanol–water partition coefficient (Wildman–Crippen LogP) is 4.14. The summed E-state index contributed by atoms with van der Waals surface area (Å²) in [6, 6.07) is 11.7. The van der Waals surface area contributed by atoms with Crippen LogP contribution in [0.3, 0.4) is 0 Å². The number of rotatable bonds is 3. The van der Waals surface area contributed by atoms with E-state index in [2.05, 4.69) is 31.9 Å². The molecule has 0 atom stereocenters. The lowest BCUT2D eigenvalue weighted by molar-refractivity contribution is 0.0691. The van der Waals surface area contributed by atoms with Crippen LogP contribution in [0, 0.1) is 0 Å². The van der Waals surface area contributed by atoms with Gasteiger partial charge >= 0.3 is 5.97 Å². The van der Waals surface area contributed by atoms with Crippen molar-refractivity contribution < 1.29 is 14.7 Å². The van der Waals surface area contributed by atoms with Gasteiger partial charge < -0.3 is 5.11 Å². The fraction of sp³-hybridized carbons (Fsp3) is 0. The van der Waals surface area contributed by atoms with Crippen molar-refractivity contribution in [2.45, 2.75) is 0 Å². The predicted molar refractivity (Wildman–Crippen MR) is 78.7 cm³/mol. The Labute approximate surface area is 126 Å². The van der Waals surface area contributed by atoms with Gasteiger partial charge in [0.1, 0.15) is 0 Å². The van der Waals surface area contributed by atoms with Crippen LogP contribution in [0.1, 0.15) is 26.3 Å². The number of ketones is 1. The molecule has 0 unspecified atom stereocenters. The molecule has 0 heterocycles. The van der Waals surface area contributed by atoms with Crippen LogP contribution in [0.15, 0.2) is 51.4 Å². The van der Waals surface area contributed by atoms with Crippen LogP contribution < -0.4 is 0 Å². The van der Waals surface area contributed by atoms with Gasteiger partial charge in [-0.15, -0.1) is 0 Å². The number of carbonyl (C=O) groups is 2. The molecule has 2 rings (SSSR count). The third kappa shape index (κ3) is 2.77. The van der Waals surface area contributed by atoms with Crippen LogP contribution >= 0.6 is 31.9 Å². The number of aromatic carboxylic acids is 1. The van der Waals surface area contributed by atoms with Gasteiger partial charge in [-0.1, -0.05) is 30.3 Å². The van der Waals surface area contributed by atoms with Gasteiger partial charge in [0, 0.05) is 20.1 Å². The van der Waals surface area contributed by atoms with Crippen LogP contribution in [0.5, 0.6) is 0 Å². The molecular weight excluding hydrogens is 376 g/mol. The molecule has 96 valence electrons. The Balaban J connectivity index is 2.61. The molecule has 0 fully saturated rings. The smallest absolute Gasteiger partial charge is 0.337 e. The fourth-order valence-corrected chi connectivity index (χ4v) is 2.54. The summed E-state index contributed by atoms with van der Waals surface area (Å²) in [5.74, 6) is -1.46. The highest BCUT2D eigenvalue weighted by molar-refractivity contribution is 9.13. The zero-order valence-electron chi connectivity index (χ0n) is 9.56. The maximum absolute atomic E-state index is 12.3. The maximum atomic E-state index is 12.3. The SMILES string of the molecule is O=C(c1ccccc1)c1ccc(Br)c(Br)c1C(=O)O. The van der Waals surface area contributed by atoms with Crippen molar-refractivity contribution in [2.24, 2.45) is 0 Å². The highest BCUT2D eigenvalue weighted by Crippen LogP contribution is 2.30. The molecular formula is C14H8Br2O3. The first-order valence-corrected chi connectivity index (χ1v) is 6.92. The van der Waals surface area contributed by atoms with Gasteiger partial charge in [-0.05, 0) is 44.0 Å². The van der Waals surface area contributed by atoms with Gasteiger partial charge in [-0.3, -0.25) is 4.79 Å². The van der Waals surface area contributed by atoms with E-state index in [1.807, 2.05) is 0 Å². The maximum Gasteiger partial charge on any atom is 0.337 e. The van der Waals surface area contributed by atoms with Gasteiger partial charge in [0.05, 0.1) is 5.56 Å². The largest absolute Gasteiger partial charge is 0.478 e. The fourth-order valence-electron chi connectivity index (χ4n) is 1.69. The summed E-state index contributed by atoms with van der Waals surface area (Å²) in [6.45, 7) is 0. The number of carboxylic acids is 1. The second-order valence-electron chi connectivity index (χ2n) is 3.78. The van der Waals surface area contributed by atoms with Gasteiger partial charge in [0.15, 0.2) is 5.78 Å². The van der Waals surface area contributed by atoms with Gasteiger partial charge in [-0.25, -0.2) is 4.79 Å². The number of hydrogen-bond donors (Lipinski definition) is 1. The first-order valence-electron chi connectivity index (χ1n) is 5.33. The Morgan fingerprint density at radius 1 is 0.947 bits per heavy atom. The molecule has 0 saturated carbocycles. The van der Waals surface area contributed by atoms with Crippen molar-refractivity contribution in [1.29, 1.82) is 0 Å². The molecule has 0 amide bonds. The topological polar surface area (TPSA) is 54.4 Å². The molecule has 0 aliphatic rings. The lowest BCUT2D eigenvalue weighted by atomic mass is 9.98. The molecule has 0 spiro atoms. The molecule has 3 nitrogen and oxygen atoms in total. The van der Waals surface area contributed by atoms with Crippen LogP contribution in [0.25, 0.3) is 0 Å². The number of carboxylic acid groups (broad SMARTS) is 1. The summed E-state index contributed by atoms with van der Waals surface area (Å²) in [5.41, 5.74) is 0.580. The lowest BCUT2D eigenvalue weighted by Crippen LogP contribution is -2.10. The molecule has 0 aliphatic heterocycles. The molecule has 0 saturated heterocycles. The monoisotopic (exact) mass is 382 g/mol. The van der Waals surface area contributed by atoms with Crippen molar-refractivity contribution in [3.8, 4) is 0 Å². The van der Waals surface area contributed by atoms with Crippen molar-refractivity contribution in [3.63, 3.8) is 0 Å². The van der Waals surface area contributed by atoms with E-state index < -0.39 is 5.97 Å². The summed E-state index contributed by atoms with van der Waals surface area (Å²) in [5, 5.41) is 9.26. The Morgan fingerprint density at radius 3 is 2.16 bits per heavy atom. The molecule has 0 radical (unpaired) electrons. The second kappa shape index (κ2) is 5.67. The average Bonchev–Trinajstić information content (AvgIpc) is 2.41. The van der Waals surface area contributed by atoms with Crippen molar-refractivity contribution in [1.82, 2.24) is 0 Å². The Hall–Kier alpha value is -1.46. The van der Waals surface area contributed by atoms with Crippen molar-refractivity contribution in [2.75, 3.05) is 0 Å². The molecule has 5 heteroatoms. The summed E-state index contributed by atoms with van der Waals surface area (Å²) in [6.07, 6.45) is 0. The second-order valence-corrected chi connectivity index (χ2v) is 5.43. The van der Waals surface area contributed by atoms with Gasteiger partial charge in [0.25, 0.3) is 0 Å². The van der Waals surface area contributed by atoms with Gasteiger partial charge in [-0.2, -0.15) is 0 Å². The van der Waals surface area contributed by atoms with Crippen LogP contribution in [-0.4, -0.2) is 16.9 Å². The first kappa shape index (κ1) is 14.0. The quantitative estimate of drug-likeness (QED) is 0.810. The van der Waals surface area contributed by atoms with Crippen LogP contribution in [0.4, 0.5) is 0 Å². The highest BCUT2D eigenvalue weighted by Gasteiger charge is 2.22. The lowest BCUT2D eigenvalue weighted by Gasteiger charge is -2.08. The Kier molecular flexibility index (Phi) is 4.17. The number of benzene rings is 2. The summed E-state index contributed by atoms with van der Waals surface area (Å²) >= 11 is 6.42. The zero-order valence-corrected chi connectivity index (χ0v) is 12.7. The van der Waals surface area contributed by atoms with Crippen molar-refractivity contribution >= 4 is 43.6 Å². The van der Waals surface area contributed by atoms with E-state index in [-0.39, 0.29) is 16.9 Å². The Morgan fingerprint density at radius 2 is 1.58 bits per heavy atom. The average molecular weight is 384 g/mol. The minimum absolute atomic E-state index is 0.0387. The minimum Gasteiger partial charge on any atom is -0.478 e. The van der Waals surface area contributed by atoms with Crippen LogP contribution in [0.2, 0.25) is 0 Å². The molecule has 0 aliphatic carbocycles. The van der Waals surface area contributed by atoms with E-state index >= 15 is 0 Å². The third-order valence-electron chi connectivity index (χ3n) is 2.59. The molecule has 1 N–H and O–H groups in total. The van der Waals surface area contributed by atoms with E-state index in [1.165, 1.54) is 6.07 Å². The molecule has 0 aromatic heterocycles. The van der Waals surface area contributed by atoms with E-state index in [0.717, 1.165) is 0 Å². The standard InChI is InChI=1S/C14H8Br2O3/c15-10-7-6-9(11(12(10)16)14(18)19)13(17)8-4-2-1-3-5-8/h1-7H,(H,18,19). The first-order chi connectivity index (χ1) is 9.02. The van der Waals surface area contributed by atoms with E-state index in [9.17, 15) is 14.7 Å². The van der Waals surface area contributed by atoms with E-state index in [0.29, 0.717) is 14.5 Å². The Bertz CT molecular complexity index is 651.